The summed E-state index contributed by atoms with van der Waals surface area (Å²) in [7, 11) is -3.29. The van der Waals surface area contributed by atoms with Gasteiger partial charge >= 0.3 is 0 Å². The van der Waals surface area contributed by atoms with Gasteiger partial charge < -0.3 is 5.32 Å². The highest BCUT2D eigenvalue weighted by atomic mass is 32.2. The average molecular weight is 372 g/mol. The Kier molecular flexibility index (Phi) is 5.46. The Bertz CT molecular complexity index is 695. The van der Waals surface area contributed by atoms with Gasteiger partial charge in [0.15, 0.2) is 0 Å². The topological polar surface area (TPSA) is 49.4 Å². The lowest BCUT2D eigenvalue weighted by atomic mass is 9.77. The highest BCUT2D eigenvalue weighted by Gasteiger charge is 2.47. The first-order valence-corrected chi connectivity index (χ1v) is 10.5. The first kappa shape index (κ1) is 18.7. The van der Waals surface area contributed by atoms with Gasteiger partial charge in [-0.1, -0.05) is 24.3 Å². The Morgan fingerprint density at radius 3 is 2.40 bits per heavy atom. The molecule has 0 aromatic heterocycles. The molecular formula is C18H26F2N2O2S. The molecule has 25 heavy (non-hydrogen) atoms. The molecule has 0 spiro atoms. The quantitative estimate of drug-likeness (QED) is 0.800. The minimum absolute atomic E-state index is 0.000728. The molecule has 1 aliphatic carbocycles. The number of sulfonamides is 1. The molecule has 1 aromatic rings. The van der Waals surface area contributed by atoms with Crippen molar-refractivity contribution in [3.05, 3.63) is 35.4 Å². The molecule has 2 fully saturated rings. The minimum atomic E-state index is -3.29. The molecule has 1 heterocycles. The van der Waals surface area contributed by atoms with Crippen LogP contribution in [0, 0.1) is 5.92 Å². The Hall–Kier alpha value is -1.05. The van der Waals surface area contributed by atoms with E-state index >= 15 is 0 Å². The first-order valence-electron chi connectivity index (χ1n) is 8.93. The second-order valence-corrected chi connectivity index (χ2v) is 9.29. The van der Waals surface area contributed by atoms with Crippen molar-refractivity contribution in [3.63, 3.8) is 0 Å². The van der Waals surface area contributed by atoms with Crippen LogP contribution in [0.3, 0.4) is 0 Å². The van der Waals surface area contributed by atoms with Gasteiger partial charge in [-0.3, -0.25) is 0 Å². The van der Waals surface area contributed by atoms with Crippen molar-refractivity contribution in [2.45, 2.75) is 56.9 Å². The van der Waals surface area contributed by atoms with Gasteiger partial charge in [0.1, 0.15) is 0 Å². The van der Waals surface area contributed by atoms with E-state index in [1.807, 2.05) is 31.2 Å². The van der Waals surface area contributed by atoms with Crippen molar-refractivity contribution < 1.29 is 17.2 Å². The monoisotopic (exact) mass is 372 g/mol. The van der Waals surface area contributed by atoms with Crippen molar-refractivity contribution in [2.75, 3.05) is 13.1 Å². The van der Waals surface area contributed by atoms with Crippen LogP contribution < -0.4 is 5.32 Å². The molecule has 1 saturated carbocycles. The fraction of sp³-hybridized carbons (Fsp3) is 0.667. The van der Waals surface area contributed by atoms with Crippen LogP contribution in [0.1, 0.15) is 43.7 Å². The van der Waals surface area contributed by atoms with Crippen LogP contribution in [-0.4, -0.2) is 37.8 Å². The molecule has 2 aliphatic rings. The predicted octanol–water partition coefficient (Wildman–Crippen LogP) is 3.14. The molecule has 1 unspecified atom stereocenters. The van der Waals surface area contributed by atoms with E-state index in [4.69, 9.17) is 0 Å². The lowest BCUT2D eigenvalue weighted by Gasteiger charge is -2.39. The summed E-state index contributed by atoms with van der Waals surface area (Å²) in [5.41, 5.74) is 1.70. The van der Waals surface area contributed by atoms with Crippen molar-refractivity contribution >= 4 is 10.0 Å². The molecule has 0 amide bonds. The van der Waals surface area contributed by atoms with E-state index in [1.54, 1.807) is 4.31 Å². The summed E-state index contributed by atoms with van der Waals surface area (Å²) in [5, 5.41) is 3.29. The molecule has 3 rings (SSSR count). The lowest BCUT2D eigenvalue weighted by Crippen LogP contribution is -2.46. The number of alkyl halides is 2. The van der Waals surface area contributed by atoms with Crippen molar-refractivity contribution in [2.24, 2.45) is 5.92 Å². The summed E-state index contributed by atoms with van der Waals surface area (Å²) in [6.07, 6.45) is 1.72. The molecule has 0 radical (unpaired) electrons. The van der Waals surface area contributed by atoms with Crippen molar-refractivity contribution in [3.8, 4) is 0 Å². The summed E-state index contributed by atoms with van der Waals surface area (Å²) in [4.78, 5) is 0. The molecule has 0 bridgehead atoms. The van der Waals surface area contributed by atoms with Gasteiger partial charge in [0.2, 0.25) is 15.9 Å². The third-order valence-electron chi connectivity index (χ3n) is 5.36. The lowest BCUT2D eigenvalue weighted by molar-refractivity contribution is -0.117. The Balaban J connectivity index is 1.61. The molecule has 1 atom stereocenters. The second-order valence-electron chi connectivity index (χ2n) is 7.32. The van der Waals surface area contributed by atoms with Crippen LogP contribution in [0.2, 0.25) is 0 Å². The molecule has 1 aliphatic heterocycles. The molecule has 140 valence electrons. The van der Waals surface area contributed by atoms with E-state index in [1.165, 1.54) is 0 Å². The van der Waals surface area contributed by atoms with Crippen molar-refractivity contribution in [1.82, 2.24) is 9.62 Å². The fourth-order valence-corrected chi connectivity index (χ4v) is 5.30. The highest BCUT2D eigenvalue weighted by molar-refractivity contribution is 7.88. The maximum absolute atomic E-state index is 13.0. The first-order chi connectivity index (χ1) is 11.8. The van der Waals surface area contributed by atoms with E-state index in [2.05, 4.69) is 5.32 Å². The molecule has 4 nitrogen and oxygen atoms in total. The van der Waals surface area contributed by atoms with Gasteiger partial charge in [0, 0.05) is 38.5 Å². The summed E-state index contributed by atoms with van der Waals surface area (Å²) < 4.78 is 52.7. The van der Waals surface area contributed by atoms with Crippen LogP contribution in [0.15, 0.2) is 24.3 Å². The molecule has 1 N–H and O–H groups in total. The zero-order valence-corrected chi connectivity index (χ0v) is 15.4. The predicted molar refractivity (Wildman–Crippen MR) is 93.8 cm³/mol. The Labute approximate surface area is 148 Å². The number of halogens is 2. The van der Waals surface area contributed by atoms with Gasteiger partial charge in [0.25, 0.3) is 0 Å². The zero-order valence-electron chi connectivity index (χ0n) is 14.5. The Morgan fingerprint density at radius 1 is 1.20 bits per heavy atom. The van der Waals surface area contributed by atoms with E-state index in [0.29, 0.717) is 19.6 Å². The summed E-state index contributed by atoms with van der Waals surface area (Å²) >= 11 is 0. The number of nitrogens with one attached hydrogen (secondary N) is 1. The summed E-state index contributed by atoms with van der Waals surface area (Å²) in [5.74, 6) is -2.53. The average Bonchev–Trinajstić information content (AvgIpc) is 3.06. The SMILES string of the molecule is CC(NCc1ccccc1CS(=O)(=O)N1CCCC1)C1CC(F)(F)C1. The van der Waals surface area contributed by atoms with Crippen LogP contribution in [-0.2, 0) is 22.3 Å². The Morgan fingerprint density at radius 2 is 1.80 bits per heavy atom. The van der Waals surface area contributed by atoms with Crippen LogP contribution in [0.25, 0.3) is 0 Å². The van der Waals surface area contributed by atoms with Gasteiger partial charge in [-0.2, -0.15) is 0 Å². The van der Waals surface area contributed by atoms with E-state index in [9.17, 15) is 17.2 Å². The third kappa shape index (κ3) is 4.57. The standard InChI is InChI=1S/C18H26F2N2O2S/c1-14(17-10-18(19,20)11-17)21-12-15-6-2-3-7-16(15)13-25(23,24)22-8-4-5-9-22/h2-3,6-7,14,17,21H,4-5,8-13H2,1H3. The molecule has 1 aromatic carbocycles. The van der Waals surface area contributed by atoms with Crippen LogP contribution in [0.4, 0.5) is 8.78 Å². The maximum atomic E-state index is 13.0. The normalized spacial score (nSPS) is 22.7. The molecule has 1 saturated heterocycles. The highest BCUT2D eigenvalue weighted by Crippen LogP contribution is 2.44. The summed E-state index contributed by atoms with van der Waals surface area (Å²) in [6.45, 7) is 3.63. The van der Waals surface area contributed by atoms with E-state index in [-0.39, 0.29) is 30.6 Å². The fourth-order valence-electron chi connectivity index (χ4n) is 3.62. The molecule has 7 heteroatoms. The summed E-state index contributed by atoms with van der Waals surface area (Å²) in [6, 6.07) is 7.46. The van der Waals surface area contributed by atoms with Crippen LogP contribution in [0.5, 0.6) is 0 Å². The minimum Gasteiger partial charge on any atom is -0.310 e. The zero-order chi connectivity index (χ0) is 18.1. The number of rotatable bonds is 7. The van der Waals surface area contributed by atoms with Gasteiger partial charge in [-0.25, -0.2) is 21.5 Å². The van der Waals surface area contributed by atoms with Crippen molar-refractivity contribution in [1.29, 1.82) is 0 Å². The van der Waals surface area contributed by atoms with Gasteiger partial charge in [-0.15, -0.1) is 0 Å². The number of nitrogens with zero attached hydrogens (tertiary/aromatic N) is 1. The maximum Gasteiger partial charge on any atom is 0.248 e. The van der Waals surface area contributed by atoms with Crippen LogP contribution >= 0.6 is 0 Å². The van der Waals surface area contributed by atoms with E-state index in [0.717, 1.165) is 24.0 Å². The third-order valence-corrected chi connectivity index (χ3v) is 7.19. The smallest absolute Gasteiger partial charge is 0.248 e. The number of hydrogen-bond acceptors (Lipinski definition) is 3. The number of hydrogen-bond donors (Lipinski definition) is 1. The second kappa shape index (κ2) is 7.29. The van der Waals surface area contributed by atoms with E-state index < -0.39 is 15.9 Å². The number of benzene rings is 1. The largest absolute Gasteiger partial charge is 0.310 e. The molecular weight excluding hydrogens is 346 g/mol. The van der Waals surface area contributed by atoms with Gasteiger partial charge in [0.05, 0.1) is 5.75 Å². The van der Waals surface area contributed by atoms with Gasteiger partial charge in [-0.05, 0) is 36.8 Å².